The maximum absolute atomic E-state index is 5.80. The predicted octanol–water partition coefficient (Wildman–Crippen LogP) is 2.51. The second-order valence-corrected chi connectivity index (χ2v) is 6.03. The van der Waals surface area contributed by atoms with Gasteiger partial charge in [0.05, 0.1) is 0 Å². The van der Waals surface area contributed by atoms with Crippen molar-refractivity contribution in [2.24, 2.45) is 0 Å². The quantitative estimate of drug-likeness (QED) is 0.639. The molecule has 2 aromatic heterocycles. The monoisotopic (exact) mass is 287 g/mol. The molecule has 0 amide bonds. The third-order valence-corrected chi connectivity index (χ3v) is 4.00. The molecule has 90 valence electrons. The molecule has 0 aromatic carbocycles. The van der Waals surface area contributed by atoms with Crippen molar-refractivity contribution in [2.45, 2.75) is 16.3 Å². The number of anilines is 1. The van der Waals surface area contributed by atoms with Gasteiger partial charge < -0.3 is 4.90 Å². The lowest BCUT2D eigenvalue weighted by Crippen LogP contribution is -2.07. The highest BCUT2D eigenvalue weighted by atomic mass is 35.5. The van der Waals surface area contributed by atoms with Gasteiger partial charge in [-0.1, -0.05) is 11.3 Å². The zero-order chi connectivity index (χ0) is 12.4. The average molecular weight is 288 g/mol. The van der Waals surface area contributed by atoms with Crippen LogP contribution < -0.4 is 4.90 Å². The highest BCUT2D eigenvalue weighted by Crippen LogP contribution is 2.32. The van der Waals surface area contributed by atoms with E-state index in [4.69, 9.17) is 11.6 Å². The number of hydrogen-bond acceptors (Lipinski definition) is 7. The molecule has 5 nitrogen and oxygen atoms in total. The Balaban J connectivity index is 2.19. The molecule has 8 heteroatoms. The van der Waals surface area contributed by atoms with Crippen molar-refractivity contribution in [3.63, 3.8) is 0 Å². The lowest BCUT2D eigenvalue weighted by atomic mass is 10.5. The van der Waals surface area contributed by atoms with Crippen LogP contribution in [0.15, 0.2) is 15.4 Å². The van der Waals surface area contributed by atoms with Crippen LogP contribution in [-0.2, 0) is 0 Å². The van der Waals surface area contributed by atoms with Crippen LogP contribution in [0, 0.1) is 6.92 Å². The summed E-state index contributed by atoms with van der Waals surface area (Å²) in [5.74, 6) is 0. The largest absolute Gasteiger partial charge is 0.353 e. The summed E-state index contributed by atoms with van der Waals surface area (Å²) < 4.78 is 0.836. The standard InChI is InChI=1S/C9H10ClN5S2/c1-5-4-6(12-7(10)11-5)16-9-14-13-8(17-9)15(2)3/h4H,1-3H3. The van der Waals surface area contributed by atoms with Crippen LogP contribution in [0.1, 0.15) is 5.69 Å². The first kappa shape index (κ1) is 12.5. The molecule has 0 bridgehead atoms. The van der Waals surface area contributed by atoms with Crippen molar-refractivity contribution in [1.29, 1.82) is 0 Å². The Labute approximate surface area is 112 Å². The summed E-state index contributed by atoms with van der Waals surface area (Å²) in [5.41, 5.74) is 0.838. The highest BCUT2D eigenvalue weighted by molar-refractivity contribution is 8.01. The van der Waals surface area contributed by atoms with E-state index >= 15 is 0 Å². The fraction of sp³-hybridized carbons (Fsp3) is 0.333. The molecule has 2 rings (SSSR count). The summed E-state index contributed by atoms with van der Waals surface area (Å²) in [5, 5.41) is 10.0. The number of nitrogens with zero attached hydrogens (tertiary/aromatic N) is 5. The Kier molecular flexibility index (Phi) is 3.80. The van der Waals surface area contributed by atoms with E-state index in [9.17, 15) is 0 Å². The van der Waals surface area contributed by atoms with Gasteiger partial charge in [-0.05, 0) is 36.4 Å². The molecule has 2 aromatic rings. The topological polar surface area (TPSA) is 54.8 Å². The minimum Gasteiger partial charge on any atom is -0.353 e. The van der Waals surface area contributed by atoms with Crippen LogP contribution >= 0.6 is 34.7 Å². The first-order valence-electron chi connectivity index (χ1n) is 4.74. The molecular weight excluding hydrogens is 278 g/mol. The molecule has 0 aliphatic carbocycles. The van der Waals surface area contributed by atoms with E-state index in [1.54, 1.807) is 0 Å². The first-order chi connectivity index (χ1) is 8.04. The number of hydrogen-bond donors (Lipinski definition) is 0. The summed E-state index contributed by atoms with van der Waals surface area (Å²) >= 11 is 8.74. The normalized spacial score (nSPS) is 10.6. The number of rotatable bonds is 3. The second-order valence-electron chi connectivity index (χ2n) is 3.46. The Morgan fingerprint density at radius 2 is 2.06 bits per heavy atom. The summed E-state index contributed by atoms with van der Waals surface area (Å²) in [7, 11) is 3.86. The Bertz CT molecular complexity index is 508. The summed E-state index contributed by atoms with van der Waals surface area (Å²) in [6, 6.07) is 1.87. The second kappa shape index (κ2) is 5.16. The molecule has 0 unspecified atom stereocenters. The van der Waals surface area contributed by atoms with E-state index in [-0.39, 0.29) is 5.28 Å². The van der Waals surface area contributed by atoms with Crippen LogP contribution in [0.3, 0.4) is 0 Å². The van der Waals surface area contributed by atoms with Crippen LogP contribution in [0.2, 0.25) is 5.28 Å². The van der Waals surface area contributed by atoms with Crippen molar-refractivity contribution >= 4 is 39.8 Å². The van der Waals surface area contributed by atoms with Gasteiger partial charge in [0.1, 0.15) is 5.03 Å². The summed E-state index contributed by atoms with van der Waals surface area (Å²) in [6.07, 6.45) is 0. The minimum absolute atomic E-state index is 0.254. The molecule has 2 heterocycles. The van der Waals surface area contributed by atoms with E-state index < -0.39 is 0 Å². The van der Waals surface area contributed by atoms with Crippen LogP contribution in [0.25, 0.3) is 0 Å². The van der Waals surface area contributed by atoms with Crippen LogP contribution in [-0.4, -0.2) is 34.3 Å². The number of halogens is 1. The zero-order valence-electron chi connectivity index (χ0n) is 9.51. The van der Waals surface area contributed by atoms with Gasteiger partial charge in [-0.25, -0.2) is 9.97 Å². The van der Waals surface area contributed by atoms with Gasteiger partial charge in [0, 0.05) is 19.8 Å². The van der Waals surface area contributed by atoms with Crippen molar-refractivity contribution in [3.05, 3.63) is 17.0 Å². The molecule has 0 aliphatic heterocycles. The Hall–Kier alpha value is -0.920. The molecule has 0 N–H and O–H groups in total. The van der Waals surface area contributed by atoms with Crippen molar-refractivity contribution in [3.8, 4) is 0 Å². The fourth-order valence-corrected chi connectivity index (χ4v) is 3.12. The van der Waals surface area contributed by atoms with E-state index in [2.05, 4.69) is 20.2 Å². The van der Waals surface area contributed by atoms with Crippen LogP contribution in [0.4, 0.5) is 5.13 Å². The number of aryl methyl sites for hydroxylation is 1. The SMILES string of the molecule is Cc1cc(Sc2nnc(N(C)C)s2)nc(Cl)n1. The van der Waals surface area contributed by atoms with E-state index in [1.165, 1.54) is 23.1 Å². The highest BCUT2D eigenvalue weighted by Gasteiger charge is 2.09. The van der Waals surface area contributed by atoms with Gasteiger partial charge in [-0.3, -0.25) is 0 Å². The molecule has 0 spiro atoms. The van der Waals surface area contributed by atoms with Gasteiger partial charge in [0.25, 0.3) is 0 Å². The zero-order valence-corrected chi connectivity index (χ0v) is 11.9. The summed E-state index contributed by atoms with van der Waals surface area (Å²) in [4.78, 5) is 10.1. The third-order valence-electron chi connectivity index (χ3n) is 1.77. The van der Waals surface area contributed by atoms with Gasteiger partial charge in [0.2, 0.25) is 10.4 Å². The molecule has 0 saturated heterocycles. The maximum Gasteiger partial charge on any atom is 0.223 e. The Morgan fingerprint density at radius 3 is 2.65 bits per heavy atom. The maximum atomic E-state index is 5.80. The smallest absolute Gasteiger partial charge is 0.223 e. The fourth-order valence-electron chi connectivity index (χ4n) is 1.07. The van der Waals surface area contributed by atoms with Crippen LogP contribution in [0.5, 0.6) is 0 Å². The average Bonchev–Trinajstić information content (AvgIpc) is 2.64. The van der Waals surface area contributed by atoms with Crippen molar-refractivity contribution in [2.75, 3.05) is 19.0 Å². The van der Waals surface area contributed by atoms with Gasteiger partial charge >= 0.3 is 0 Å². The van der Waals surface area contributed by atoms with Gasteiger partial charge in [0.15, 0.2) is 4.34 Å². The van der Waals surface area contributed by atoms with E-state index in [0.29, 0.717) is 0 Å². The predicted molar refractivity (Wildman–Crippen MR) is 70.1 cm³/mol. The Morgan fingerprint density at radius 1 is 1.29 bits per heavy atom. The van der Waals surface area contributed by atoms with E-state index in [0.717, 1.165) is 20.2 Å². The van der Waals surface area contributed by atoms with Gasteiger partial charge in [-0.15, -0.1) is 10.2 Å². The molecular formula is C9H10ClN5S2. The third kappa shape index (κ3) is 3.27. The lowest BCUT2D eigenvalue weighted by molar-refractivity contribution is 0.965. The summed E-state index contributed by atoms with van der Waals surface area (Å²) in [6.45, 7) is 1.88. The lowest BCUT2D eigenvalue weighted by Gasteiger charge is -2.03. The first-order valence-corrected chi connectivity index (χ1v) is 6.75. The van der Waals surface area contributed by atoms with Gasteiger partial charge in [-0.2, -0.15) is 0 Å². The number of aromatic nitrogens is 4. The molecule has 17 heavy (non-hydrogen) atoms. The molecule has 0 aliphatic rings. The molecule has 0 atom stereocenters. The minimum atomic E-state index is 0.254. The van der Waals surface area contributed by atoms with Crippen molar-refractivity contribution in [1.82, 2.24) is 20.2 Å². The molecule has 0 fully saturated rings. The molecule has 0 saturated carbocycles. The van der Waals surface area contributed by atoms with Crippen molar-refractivity contribution < 1.29 is 0 Å². The van der Waals surface area contributed by atoms with E-state index in [1.807, 2.05) is 32.0 Å². The molecule has 0 radical (unpaired) electrons.